The van der Waals surface area contributed by atoms with Gasteiger partial charge in [-0.1, -0.05) is 0 Å². The Morgan fingerprint density at radius 1 is 1.53 bits per heavy atom. The molecule has 104 valence electrons. The van der Waals surface area contributed by atoms with Gasteiger partial charge in [-0.2, -0.15) is 0 Å². The minimum atomic E-state index is -0.435. The van der Waals surface area contributed by atoms with E-state index in [1.807, 2.05) is 6.92 Å². The van der Waals surface area contributed by atoms with Gasteiger partial charge >= 0.3 is 5.97 Å². The fraction of sp³-hybridized carbons (Fsp3) is 0.462. The van der Waals surface area contributed by atoms with Crippen LogP contribution in [0.15, 0.2) is 18.3 Å². The summed E-state index contributed by atoms with van der Waals surface area (Å²) in [5.41, 5.74) is 0.392. The summed E-state index contributed by atoms with van der Waals surface area (Å²) in [6.45, 7) is 4.29. The molecule has 0 saturated carbocycles. The van der Waals surface area contributed by atoms with Crippen LogP contribution in [0.5, 0.6) is 0 Å². The summed E-state index contributed by atoms with van der Waals surface area (Å²) in [5.74, 6) is -0.00358. The minimum absolute atomic E-state index is 0.0345. The summed E-state index contributed by atoms with van der Waals surface area (Å²) < 4.78 is 4.63. The number of aromatic nitrogens is 1. The zero-order chi connectivity index (χ0) is 14.4. The van der Waals surface area contributed by atoms with E-state index in [0.29, 0.717) is 17.9 Å². The summed E-state index contributed by atoms with van der Waals surface area (Å²) in [7, 11) is 3.05. The first kappa shape index (κ1) is 14.9. The molecular formula is C13H19N3O3. The van der Waals surface area contributed by atoms with Gasteiger partial charge in [0.1, 0.15) is 11.9 Å². The number of likely N-dealkylation sites (N-methyl/N-ethyl adjacent to an activating group) is 1. The van der Waals surface area contributed by atoms with Gasteiger partial charge in [-0.3, -0.25) is 4.79 Å². The maximum Gasteiger partial charge on any atom is 0.338 e. The van der Waals surface area contributed by atoms with Crippen molar-refractivity contribution in [2.45, 2.75) is 19.9 Å². The summed E-state index contributed by atoms with van der Waals surface area (Å²) in [4.78, 5) is 29.0. The summed E-state index contributed by atoms with van der Waals surface area (Å²) in [6, 6.07) is 2.70. The van der Waals surface area contributed by atoms with Gasteiger partial charge in [0.05, 0.1) is 12.7 Å². The number of pyridine rings is 1. The monoisotopic (exact) mass is 265 g/mol. The molecule has 1 unspecified atom stereocenters. The van der Waals surface area contributed by atoms with Crippen LogP contribution in [0.4, 0.5) is 5.82 Å². The van der Waals surface area contributed by atoms with Crippen molar-refractivity contribution in [2.24, 2.45) is 0 Å². The molecule has 19 heavy (non-hydrogen) atoms. The van der Waals surface area contributed by atoms with Crippen molar-refractivity contribution < 1.29 is 14.3 Å². The molecule has 0 spiro atoms. The van der Waals surface area contributed by atoms with Crippen LogP contribution in [0, 0.1) is 0 Å². The zero-order valence-electron chi connectivity index (χ0n) is 11.6. The number of carbonyl (C=O) groups excluding carboxylic acids is 2. The van der Waals surface area contributed by atoms with Crippen molar-refractivity contribution in [1.82, 2.24) is 9.88 Å². The smallest absolute Gasteiger partial charge is 0.338 e. The maximum absolute atomic E-state index is 11.9. The molecule has 0 aliphatic carbocycles. The Kier molecular flexibility index (Phi) is 5.29. The second-order valence-electron chi connectivity index (χ2n) is 4.14. The maximum atomic E-state index is 11.9. The van der Waals surface area contributed by atoms with Crippen molar-refractivity contribution in [1.29, 1.82) is 0 Å². The highest BCUT2D eigenvalue weighted by Gasteiger charge is 2.17. The molecule has 1 aromatic heterocycles. The first-order valence-electron chi connectivity index (χ1n) is 6.05. The number of nitrogens with one attached hydrogen (secondary N) is 1. The number of methoxy groups -OCH3 is 1. The van der Waals surface area contributed by atoms with E-state index < -0.39 is 12.0 Å². The second-order valence-corrected chi connectivity index (χ2v) is 4.14. The summed E-state index contributed by atoms with van der Waals surface area (Å²) in [6.07, 6.45) is 1.50. The molecule has 1 heterocycles. The number of hydrogen-bond acceptors (Lipinski definition) is 5. The Hall–Kier alpha value is -2.11. The number of rotatable bonds is 5. The predicted molar refractivity (Wildman–Crippen MR) is 72.0 cm³/mol. The van der Waals surface area contributed by atoms with Gasteiger partial charge in [-0.15, -0.1) is 0 Å². The molecule has 1 amide bonds. The number of ether oxygens (including phenoxy) is 1. The van der Waals surface area contributed by atoms with Crippen LogP contribution in [0.3, 0.4) is 0 Å². The Morgan fingerprint density at radius 3 is 2.79 bits per heavy atom. The summed E-state index contributed by atoms with van der Waals surface area (Å²) >= 11 is 0. The topological polar surface area (TPSA) is 71.5 Å². The van der Waals surface area contributed by atoms with Crippen LogP contribution in [-0.4, -0.2) is 48.5 Å². The lowest BCUT2D eigenvalue weighted by atomic mass is 10.2. The quantitative estimate of drug-likeness (QED) is 0.808. The molecule has 0 aliphatic heterocycles. The number of amides is 1. The number of nitrogens with zero attached hydrogens (tertiary/aromatic N) is 2. The first-order valence-corrected chi connectivity index (χ1v) is 6.05. The standard InChI is InChI=1S/C13H19N3O3/c1-5-16(3)12(17)9(2)15-11-8-10(6-7-14-11)13(18)19-4/h6-9H,5H2,1-4H3,(H,14,15). The fourth-order valence-electron chi connectivity index (χ4n) is 1.52. The molecule has 0 fully saturated rings. The third-order valence-corrected chi connectivity index (χ3v) is 2.77. The van der Waals surface area contributed by atoms with E-state index in [9.17, 15) is 9.59 Å². The van der Waals surface area contributed by atoms with E-state index in [1.165, 1.54) is 13.3 Å². The Balaban J connectivity index is 2.77. The van der Waals surface area contributed by atoms with Crippen LogP contribution in [-0.2, 0) is 9.53 Å². The molecule has 6 nitrogen and oxygen atoms in total. The number of hydrogen-bond donors (Lipinski definition) is 1. The van der Waals surface area contributed by atoms with E-state index in [4.69, 9.17) is 0 Å². The van der Waals surface area contributed by atoms with Gasteiger partial charge in [-0.05, 0) is 26.0 Å². The fourth-order valence-corrected chi connectivity index (χ4v) is 1.52. The lowest BCUT2D eigenvalue weighted by molar-refractivity contribution is -0.130. The van der Waals surface area contributed by atoms with E-state index in [0.717, 1.165) is 0 Å². The average Bonchev–Trinajstić information content (AvgIpc) is 2.44. The van der Waals surface area contributed by atoms with Gasteiger partial charge < -0.3 is 15.0 Å². The van der Waals surface area contributed by atoms with E-state index in [1.54, 1.807) is 31.0 Å². The van der Waals surface area contributed by atoms with Crippen LogP contribution >= 0.6 is 0 Å². The normalized spacial score (nSPS) is 11.6. The molecule has 0 aliphatic rings. The third-order valence-electron chi connectivity index (χ3n) is 2.77. The highest BCUT2D eigenvalue weighted by Crippen LogP contribution is 2.10. The van der Waals surface area contributed by atoms with Gasteiger partial charge in [0.25, 0.3) is 0 Å². The van der Waals surface area contributed by atoms with E-state index in [-0.39, 0.29) is 5.91 Å². The van der Waals surface area contributed by atoms with Crippen LogP contribution in [0.1, 0.15) is 24.2 Å². The lowest BCUT2D eigenvalue weighted by Crippen LogP contribution is -2.39. The molecule has 0 bridgehead atoms. The van der Waals surface area contributed by atoms with Gasteiger partial charge in [0, 0.05) is 19.8 Å². The molecule has 0 aromatic carbocycles. The van der Waals surface area contributed by atoms with Crippen LogP contribution < -0.4 is 5.32 Å². The van der Waals surface area contributed by atoms with Crippen LogP contribution in [0.25, 0.3) is 0 Å². The third kappa shape index (κ3) is 3.94. The number of anilines is 1. The predicted octanol–water partition coefficient (Wildman–Crippen LogP) is 1.15. The number of carbonyl (C=O) groups is 2. The van der Waals surface area contributed by atoms with Crippen molar-refractivity contribution in [3.63, 3.8) is 0 Å². The molecule has 1 rings (SSSR count). The highest BCUT2D eigenvalue weighted by molar-refractivity contribution is 5.90. The summed E-state index contributed by atoms with van der Waals surface area (Å²) in [5, 5.41) is 2.97. The molecule has 0 saturated heterocycles. The largest absolute Gasteiger partial charge is 0.465 e. The SMILES string of the molecule is CCN(C)C(=O)C(C)Nc1cc(C(=O)OC)ccn1. The van der Waals surface area contributed by atoms with Crippen LogP contribution in [0.2, 0.25) is 0 Å². The molecule has 1 atom stereocenters. The zero-order valence-corrected chi connectivity index (χ0v) is 11.6. The van der Waals surface area contributed by atoms with Crippen molar-refractivity contribution in [3.05, 3.63) is 23.9 Å². The average molecular weight is 265 g/mol. The van der Waals surface area contributed by atoms with Gasteiger partial charge in [-0.25, -0.2) is 9.78 Å². The molecule has 6 heteroatoms. The Bertz CT molecular complexity index is 462. The van der Waals surface area contributed by atoms with E-state index in [2.05, 4.69) is 15.0 Å². The molecular weight excluding hydrogens is 246 g/mol. The van der Waals surface area contributed by atoms with Gasteiger partial charge in [0.15, 0.2) is 0 Å². The van der Waals surface area contributed by atoms with Crippen molar-refractivity contribution in [2.75, 3.05) is 26.0 Å². The highest BCUT2D eigenvalue weighted by atomic mass is 16.5. The van der Waals surface area contributed by atoms with Gasteiger partial charge in [0.2, 0.25) is 5.91 Å². The lowest BCUT2D eigenvalue weighted by Gasteiger charge is -2.21. The van der Waals surface area contributed by atoms with Crippen molar-refractivity contribution >= 4 is 17.7 Å². The van der Waals surface area contributed by atoms with Crippen molar-refractivity contribution in [3.8, 4) is 0 Å². The molecule has 1 aromatic rings. The number of esters is 1. The second kappa shape index (κ2) is 6.72. The molecule has 1 N–H and O–H groups in total. The molecule has 0 radical (unpaired) electrons. The Labute approximate surface area is 112 Å². The Morgan fingerprint density at radius 2 is 2.21 bits per heavy atom. The van der Waals surface area contributed by atoms with E-state index >= 15 is 0 Å². The first-order chi connectivity index (χ1) is 8.99. The minimum Gasteiger partial charge on any atom is -0.465 e.